The number of benzene rings is 1. The van der Waals surface area contributed by atoms with E-state index in [1.54, 1.807) is 17.7 Å². The number of thiophene rings is 1. The second-order valence-corrected chi connectivity index (χ2v) is 7.56. The maximum Gasteiger partial charge on any atom is 0.234 e. The molecule has 2 heterocycles. The van der Waals surface area contributed by atoms with E-state index >= 15 is 0 Å². The molecule has 3 rings (SSSR count). The van der Waals surface area contributed by atoms with Crippen LogP contribution in [0, 0.1) is 20.8 Å². The Hall–Kier alpha value is -1.92. The van der Waals surface area contributed by atoms with Gasteiger partial charge in [0.05, 0.1) is 5.75 Å². The molecule has 1 N–H and O–H groups in total. The summed E-state index contributed by atoms with van der Waals surface area (Å²) in [5.41, 5.74) is 3.04. The van der Waals surface area contributed by atoms with Crippen LogP contribution in [0.4, 0.5) is 5.69 Å². The summed E-state index contributed by atoms with van der Waals surface area (Å²) >= 11 is 3.09. The Kier molecular flexibility index (Phi) is 4.63. The van der Waals surface area contributed by atoms with E-state index in [0.717, 1.165) is 32.1 Å². The number of aryl methyl sites for hydroxylation is 3. The zero-order valence-corrected chi connectivity index (χ0v) is 14.8. The summed E-state index contributed by atoms with van der Waals surface area (Å²) in [6.45, 7) is 6.05. The lowest BCUT2D eigenvalue weighted by atomic mass is 10.1. The van der Waals surface area contributed by atoms with E-state index in [-0.39, 0.29) is 5.91 Å². The van der Waals surface area contributed by atoms with Crippen LogP contribution >= 0.6 is 23.1 Å². The summed E-state index contributed by atoms with van der Waals surface area (Å²) in [7, 11) is 0. The highest BCUT2D eigenvalue weighted by molar-refractivity contribution is 8.00. The van der Waals surface area contributed by atoms with Crippen LogP contribution in [0.2, 0.25) is 0 Å². The van der Waals surface area contributed by atoms with Gasteiger partial charge in [-0.05, 0) is 38.0 Å². The Balaban J connectivity index is 1.71. The molecule has 0 aliphatic rings. The van der Waals surface area contributed by atoms with Gasteiger partial charge in [-0.2, -0.15) is 0 Å². The molecule has 2 aromatic heterocycles. The highest BCUT2D eigenvalue weighted by Gasteiger charge is 2.11. The summed E-state index contributed by atoms with van der Waals surface area (Å²) in [5, 5.41) is 4.89. The lowest BCUT2D eigenvalue weighted by Crippen LogP contribution is -2.15. The van der Waals surface area contributed by atoms with E-state index in [4.69, 9.17) is 0 Å². The standard InChI is InChI=1S/C17H17N3OS2/c1-10-5-4-6-11(2)15(10)20-14(21)8-22-16-13-7-12(3)23-17(13)19-9-18-16/h4-7,9H,8H2,1-3H3,(H,20,21). The number of para-hydroxylation sites is 1. The van der Waals surface area contributed by atoms with Crippen LogP contribution in [-0.2, 0) is 4.79 Å². The third-order valence-corrected chi connectivity index (χ3v) is 5.47. The van der Waals surface area contributed by atoms with Crippen LogP contribution in [0.25, 0.3) is 10.2 Å². The molecule has 0 fully saturated rings. The molecule has 1 aromatic carbocycles. The second-order valence-electron chi connectivity index (χ2n) is 5.36. The first-order valence-electron chi connectivity index (χ1n) is 7.24. The predicted molar refractivity (Wildman–Crippen MR) is 97.4 cm³/mol. The van der Waals surface area contributed by atoms with Gasteiger partial charge in [-0.3, -0.25) is 4.79 Å². The Morgan fingerprint density at radius 2 is 1.96 bits per heavy atom. The number of hydrogen-bond donors (Lipinski definition) is 1. The molecular formula is C17H17N3OS2. The van der Waals surface area contributed by atoms with Gasteiger partial charge in [0.25, 0.3) is 0 Å². The largest absolute Gasteiger partial charge is 0.325 e. The molecule has 3 aromatic rings. The van der Waals surface area contributed by atoms with Gasteiger partial charge in [-0.1, -0.05) is 30.0 Å². The number of hydrogen-bond acceptors (Lipinski definition) is 5. The number of nitrogens with one attached hydrogen (secondary N) is 1. The van der Waals surface area contributed by atoms with Crippen LogP contribution in [-0.4, -0.2) is 21.6 Å². The predicted octanol–water partition coefficient (Wildman–Crippen LogP) is 4.35. The number of fused-ring (bicyclic) bond motifs is 1. The Morgan fingerprint density at radius 1 is 1.22 bits per heavy atom. The fraction of sp³-hybridized carbons (Fsp3) is 0.235. The van der Waals surface area contributed by atoms with Gasteiger partial charge in [-0.25, -0.2) is 9.97 Å². The summed E-state index contributed by atoms with van der Waals surface area (Å²) < 4.78 is 0. The number of carbonyl (C=O) groups excluding carboxylic acids is 1. The molecule has 0 unspecified atom stereocenters. The van der Waals surface area contributed by atoms with Crippen LogP contribution < -0.4 is 5.32 Å². The minimum Gasteiger partial charge on any atom is -0.325 e. The number of anilines is 1. The Morgan fingerprint density at radius 3 is 2.70 bits per heavy atom. The summed E-state index contributed by atoms with van der Waals surface area (Å²) in [6.07, 6.45) is 1.56. The topological polar surface area (TPSA) is 54.9 Å². The molecule has 0 radical (unpaired) electrons. The average Bonchev–Trinajstić information content (AvgIpc) is 2.89. The van der Waals surface area contributed by atoms with Gasteiger partial charge in [0, 0.05) is 16.0 Å². The maximum absolute atomic E-state index is 12.3. The lowest BCUT2D eigenvalue weighted by Gasteiger charge is -2.11. The molecule has 0 atom stereocenters. The smallest absolute Gasteiger partial charge is 0.234 e. The van der Waals surface area contributed by atoms with Crippen molar-refractivity contribution in [1.29, 1.82) is 0 Å². The Labute approximate surface area is 143 Å². The molecule has 0 aliphatic heterocycles. The summed E-state index contributed by atoms with van der Waals surface area (Å²) in [5.74, 6) is 0.306. The van der Waals surface area contributed by atoms with Gasteiger partial charge in [0.1, 0.15) is 16.2 Å². The van der Waals surface area contributed by atoms with Gasteiger partial charge in [0.2, 0.25) is 5.91 Å². The first-order valence-corrected chi connectivity index (χ1v) is 9.05. The van der Waals surface area contributed by atoms with E-state index in [0.29, 0.717) is 5.75 Å². The highest BCUT2D eigenvalue weighted by Crippen LogP contribution is 2.30. The number of nitrogens with zero attached hydrogens (tertiary/aromatic N) is 2. The zero-order chi connectivity index (χ0) is 16.4. The van der Waals surface area contributed by atoms with Gasteiger partial charge >= 0.3 is 0 Å². The van der Waals surface area contributed by atoms with Crippen molar-refractivity contribution in [1.82, 2.24) is 9.97 Å². The maximum atomic E-state index is 12.3. The molecule has 0 spiro atoms. The molecule has 0 saturated carbocycles. The summed E-state index contributed by atoms with van der Waals surface area (Å²) in [4.78, 5) is 23.0. The fourth-order valence-corrected chi connectivity index (χ4v) is 4.07. The van der Waals surface area contributed by atoms with Crippen LogP contribution in [0.15, 0.2) is 35.6 Å². The van der Waals surface area contributed by atoms with Crippen molar-refractivity contribution in [3.63, 3.8) is 0 Å². The molecule has 23 heavy (non-hydrogen) atoms. The zero-order valence-electron chi connectivity index (χ0n) is 13.2. The molecule has 6 heteroatoms. The first kappa shape index (κ1) is 16.0. The number of carbonyl (C=O) groups is 1. The minimum absolute atomic E-state index is 0.0221. The van der Waals surface area contributed by atoms with Crippen molar-refractivity contribution in [2.45, 2.75) is 25.8 Å². The highest BCUT2D eigenvalue weighted by atomic mass is 32.2. The quantitative estimate of drug-likeness (QED) is 0.565. The number of rotatable bonds is 4. The third kappa shape index (κ3) is 3.54. The minimum atomic E-state index is -0.0221. The molecule has 1 amide bonds. The monoisotopic (exact) mass is 343 g/mol. The fourth-order valence-electron chi connectivity index (χ4n) is 2.39. The molecular weight excluding hydrogens is 326 g/mol. The normalized spacial score (nSPS) is 10.9. The van der Waals surface area contributed by atoms with E-state index in [2.05, 4.69) is 28.3 Å². The molecule has 4 nitrogen and oxygen atoms in total. The van der Waals surface area contributed by atoms with Crippen molar-refractivity contribution >= 4 is 44.9 Å². The van der Waals surface area contributed by atoms with Crippen LogP contribution in [0.1, 0.15) is 16.0 Å². The van der Waals surface area contributed by atoms with E-state index in [9.17, 15) is 4.79 Å². The van der Waals surface area contributed by atoms with Gasteiger partial charge < -0.3 is 5.32 Å². The van der Waals surface area contributed by atoms with E-state index in [1.807, 2.05) is 32.0 Å². The van der Waals surface area contributed by atoms with Crippen molar-refractivity contribution in [2.75, 3.05) is 11.1 Å². The molecule has 0 aliphatic carbocycles. The van der Waals surface area contributed by atoms with E-state index in [1.165, 1.54) is 16.6 Å². The van der Waals surface area contributed by atoms with E-state index < -0.39 is 0 Å². The van der Waals surface area contributed by atoms with Crippen LogP contribution in [0.3, 0.4) is 0 Å². The van der Waals surface area contributed by atoms with Crippen molar-refractivity contribution in [3.8, 4) is 0 Å². The van der Waals surface area contributed by atoms with Gasteiger partial charge in [0.15, 0.2) is 0 Å². The van der Waals surface area contributed by atoms with Crippen molar-refractivity contribution in [3.05, 3.63) is 46.6 Å². The van der Waals surface area contributed by atoms with Crippen LogP contribution in [0.5, 0.6) is 0 Å². The SMILES string of the molecule is Cc1cc2c(SCC(=O)Nc3c(C)cccc3C)ncnc2s1. The number of amides is 1. The molecule has 0 bridgehead atoms. The summed E-state index contributed by atoms with van der Waals surface area (Å²) in [6, 6.07) is 8.06. The second kappa shape index (κ2) is 6.68. The average molecular weight is 343 g/mol. The number of aromatic nitrogens is 2. The third-order valence-electron chi connectivity index (χ3n) is 3.50. The first-order chi connectivity index (χ1) is 11.0. The number of thioether (sulfide) groups is 1. The van der Waals surface area contributed by atoms with Gasteiger partial charge in [-0.15, -0.1) is 11.3 Å². The van der Waals surface area contributed by atoms with Crippen molar-refractivity contribution in [2.24, 2.45) is 0 Å². The molecule has 0 saturated heterocycles. The molecule has 118 valence electrons. The Bertz CT molecular complexity index is 853. The van der Waals surface area contributed by atoms with Crippen molar-refractivity contribution < 1.29 is 4.79 Å². The lowest BCUT2D eigenvalue weighted by molar-refractivity contribution is -0.113.